The van der Waals surface area contributed by atoms with E-state index in [0.717, 1.165) is 6.29 Å². The molecule has 0 saturated carbocycles. The molecule has 0 spiro atoms. The molecule has 3 heteroatoms. The third-order valence-corrected chi connectivity index (χ3v) is 1.33. The molecular formula is C6H12N2O. The van der Waals surface area contributed by atoms with Crippen LogP contribution in [0.4, 0.5) is 0 Å². The number of likely N-dealkylation sites (N-methyl/N-ethyl adjacent to an activating group) is 1. The van der Waals surface area contributed by atoms with Gasteiger partial charge in [-0.1, -0.05) is 0 Å². The van der Waals surface area contributed by atoms with Gasteiger partial charge in [-0.25, -0.2) is 0 Å². The Balaban J connectivity index is 4.11. The lowest BCUT2D eigenvalue weighted by molar-refractivity contribution is -0.116. The third kappa shape index (κ3) is 1.83. The van der Waals surface area contributed by atoms with E-state index in [0.29, 0.717) is 0 Å². The number of hydrazone groups is 1. The van der Waals surface area contributed by atoms with Crippen molar-refractivity contribution >= 4 is 13.0 Å². The lowest BCUT2D eigenvalue weighted by Crippen LogP contribution is -2.38. The Kier molecular flexibility index (Phi) is 2.37. The summed E-state index contributed by atoms with van der Waals surface area (Å²) in [6, 6.07) is 0. The summed E-state index contributed by atoms with van der Waals surface area (Å²) < 4.78 is 0. The molecule has 3 nitrogen and oxygen atoms in total. The van der Waals surface area contributed by atoms with Crippen LogP contribution in [0.25, 0.3) is 0 Å². The van der Waals surface area contributed by atoms with E-state index >= 15 is 0 Å². The van der Waals surface area contributed by atoms with Gasteiger partial charge >= 0.3 is 0 Å². The number of aldehydes is 1. The Hall–Kier alpha value is -0.860. The van der Waals surface area contributed by atoms with Crippen LogP contribution in [0.2, 0.25) is 0 Å². The largest absolute Gasteiger partial charge is 0.301 e. The predicted octanol–water partition coefficient (Wildman–Crippen LogP) is 0.511. The summed E-state index contributed by atoms with van der Waals surface area (Å²) in [5.74, 6) is 0. The zero-order valence-electron chi connectivity index (χ0n) is 6.09. The summed E-state index contributed by atoms with van der Waals surface area (Å²) >= 11 is 0. The van der Waals surface area contributed by atoms with Gasteiger partial charge in [0.15, 0.2) is 0 Å². The first-order chi connectivity index (χ1) is 4.04. The highest BCUT2D eigenvalue weighted by atomic mass is 16.1. The summed E-state index contributed by atoms with van der Waals surface area (Å²) in [5.41, 5.74) is -0.526. The average molecular weight is 128 g/mol. The minimum atomic E-state index is -0.526. The van der Waals surface area contributed by atoms with Crippen LogP contribution in [0, 0.1) is 0 Å². The molecule has 0 N–H and O–H groups in total. The molecule has 0 fully saturated rings. The van der Waals surface area contributed by atoms with E-state index in [1.807, 2.05) is 0 Å². The zero-order valence-corrected chi connectivity index (χ0v) is 6.09. The van der Waals surface area contributed by atoms with Gasteiger partial charge in [0.25, 0.3) is 0 Å². The van der Waals surface area contributed by atoms with Gasteiger partial charge in [0.1, 0.15) is 11.8 Å². The maximum atomic E-state index is 10.3. The fourth-order valence-electron chi connectivity index (χ4n) is 0.259. The van der Waals surface area contributed by atoms with Gasteiger partial charge in [0, 0.05) is 13.8 Å². The van der Waals surface area contributed by atoms with Gasteiger partial charge in [0.05, 0.1) is 0 Å². The second-order valence-electron chi connectivity index (χ2n) is 2.44. The SMILES string of the molecule is C=NN(C)C(C)(C)C=O. The molecule has 0 aliphatic carbocycles. The molecular weight excluding hydrogens is 116 g/mol. The first-order valence-corrected chi connectivity index (χ1v) is 2.71. The van der Waals surface area contributed by atoms with Crippen LogP contribution in [0.3, 0.4) is 0 Å². The van der Waals surface area contributed by atoms with E-state index in [1.165, 1.54) is 5.01 Å². The van der Waals surface area contributed by atoms with Crippen LogP contribution in [-0.2, 0) is 4.79 Å². The van der Waals surface area contributed by atoms with Gasteiger partial charge in [-0.2, -0.15) is 5.10 Å². The zero-order chi connectivity index (χ0) is 7.49. The molecule has 0 atom stereocenters. The molecule has 0 unspecified atom stereocenters. The minimum absolute atomic E-state index is 0.526. The molecule has 0 saturated heterocycles. The van der Waals surface area contributed by atoms with Gasteiger partial charge in [0.2, 0.25) is 0 Å². The lowest BCUT2D eigenvalue weighted by Gasteiger charge is -2.26. The van der Waals surface area contributed by atoms with Crippen molar-refractivity contribution in [3.63, 3.8) is 0 Å². The van der Waals surface area contributed by atoms with Crippen molar-refractivity contribution in [3.05, 3.63) is 0 Å². The lowest BCUT2D eigenvalue weighted by atomic mass is 10.1. The van der Waals surface area contributed by atoms with Gasteiger partial charge in [-0.15, -0.1) is 0 Å². The number of nitrogens with zero attached hydrogens (tertiary/aromatic N) is 2. The molecule has 9 heavy (non-hydrogen) atoms. The summed E-state index contributed by atoms with van der Waals surface area (Å²) in [6.07, 6.45) is 0.835. The molecule has 0 bridgehead atoms. The maximum Gasteiger partial charge on any atom is 0.146 e. The molecule has 0 aliphatic heterocycles. The summed E-state index contributed by atoms with van der Waals surface area (Å²) in [7, 11) is 1.71. The van der Waals surface area contributed by atoms with Crippen molar-refractivity contribution in [3.8, 4) is 0 Å². The Morgan fingerprint density at radius 2 is 2.11 bits per heavy atom. The average Bonchev–Trinajstić information content (AvgIpc) is 1.86. The fraction of sp³-hybridized carbons (Fsp3) is 0.667. The maximum absolute atomic E-state index is 10.3. The number of carbonyl (C=O) groups excluding carboxylic acids is 1. The first-order valence-electron chi connectivity index (χ1n) is 2.71. The Labute approximate surface area is 55.4 Å². The van der Waals surface area contributed by atoms with E-state index in [4.69, 9.17) is 0 Å². The quantitative estimate of drug-likeness (QED) is 0.315. The standard InChI is InChI=1S/C6H12N2O/c1-6(2,5-9)8(4)7-3/h5H,3H2,1-2,4H3. The normalized spacial score (nSPS) is 10.6. The highest BCUT2D eigenvalue weighted by molar-refractivity contribution is 5.62. The van der Waals surface area contributed by atoms with E-state index in [9.17, 15) is 4.79 Å². The summed E-state index contributed by atoms with van der Waals surface area (Å²) in [4.78, 5) is 10.3. The number of hydrogen-bond acceptors (Lipinski definition) is 3. The summed E-state index contributed by atoms with van der Waals surface area (Å²) in [6.45, 7) is 6.84. The monoisotopic (exact) mass is 128 g/mol. The fourth-order valence-corrected chi connectivity index (χ4v) is 0.259. The van der Waals surface area contributed by atoms with Crippen molar-refractivity contribution in [2.24, 2.45) is 5.10 Å². The van der Waals surface area contributed by atoms with Crippen molar-refractivity contribution in [2.45, 2.75) is 19.4 Å². The Morgan fingerprint density at radius 3 is 2.22 bits per heavy atom. The van der Waals surface area contributed by atoms with Gasteiger partial charge in [-0.05, 0) is 13.8 Å². The van der Waals surface area contributed by atoms with Crippen LogP contribution >= 0.6 is 0 Å². The van der Waals surface area contributed by atoms with E-state index < -0.39 is 5.54 Å². The van der Waals surface area contributed by atoms with E-state index in [2.05, 4.69) is 11.8 Å². The van der Waals surface area contributed by atoms with Crippen molar-refractivity contribution < 1.29 is 4.79 Å². The van der Waals surface area contributed by atoms with Crippen molar-refractivity contribution in [1.82, 2.24) is 5.01 Å². The van der Waals surface area contributed by atoms with Crippen LogP contribution in [-0.4, -0.2) is 30.6 Å². The molecule has 0 rings (SSSR count). The molecule has 0 aromatic rings. The molecule has 0 aromatic carbocycles. The first kappa shape index (κ1) is 8.14. The van der Waals surface area contributed by atoms with Crippen LogP contribution in [0.1, 0.15) is 13.8 Å². The van der Waals surface area contributed by atoms with Gasteiger partial charge < -0.3 is 4.79 Å². The van der Waals surface area contributed by atoms with E-state index in [-0.39, 0.29) is 0 Å². The Morgan fingerprint density at radius 1 is 1.67 bits per heavy atom. The molecule has 0 heterocycles. The topological polar surface area (TPSA) is 32.7 Å². The molecule has 0 aromatic heterocycles. The smallest absolute Gasteiger partial charge is 0.146 e. The van der Waals surface area contributed by atoms with E-state index in [1.54, 1.807) is 20.9 Å². The molecule has 0 radical (unpaired) electrons. The minimum Gasteiger partial charge on any atom is -0.301 e. The van der Waals surface area contributed by atoms with Crippen molar-refractivity contribution in [2.75, 3.05) is 7.05 Å². The summed E-state index contributed by atoms with van der Waals surface area (Å²) in [5, 5.41) is 5.10. The highest BCUT2D eigenvalue weighted by Crippen LogP contribution is 2.06. The van der Waals surface area contributed by atoms with Crippen LogP contribution < -0.4 is 0 Å². The highest BCUT2D eigenvalue weighted by Gasteiger charge is 2.19. The Bertz CT molecular complexity index is 120. The molecule has 0 aliphatic rings. The second-order valence-corrected chi connectivity index (χ2v) is 2.44. The third-order valence-electron chi connectivity index (χ3n) is 1.33. The van der Waals surface area contributed by atoms with Crippen molar-refractivity contribution in [1.29, 1.82) is 0 Å². The number of rotatable bonds is 3. The van der Waals surface area contributed by atoms with Gasteiger partial charge in [-0.3, -0.25) is 5.01 Å². The number of hydrogen-bond donors (Lipinski definition) is 0. The van der Waals surface area contributed by atoms with Crippen LogP contribution in [0.5, 0.6) is 0 Å². The molecule has 52 valence electrons. The predicted molar refractivity (Wildman–Crippen MR) is 37.5 cm³/mol. The molecule has 0 amide bonds. The van der Waals surface area contributed by atoms with Crippen LogP contribution in [0.15, 0.2) is 5.10 Å². The second kappa shape index (κ2) is 2.62. The number of carbonyl (C=O) groups is 1.